The van der Waals surface area contributed by atoms with E-state index in [-0.39, 0.29) is 0 Å². The van der Waals surface area contributed by atoms with Gasteiger partial charge >= 0.3 is 0 Å². The topological polar surface area (TPSA) is 41.1 Å². The van der Waals surface area contributed by atoms with Crippen molar-refractivity contribution in [2.45, 2.75) is 6.42 Å². The molecule has 0 radical (unpaired) electrons. The summed E-state index contributed by atoms with van der Waals surface area (Å²) in [6, 6.07) is 0. The molecule has 1 aliphatic rings. The summed E-state index contributed by atoms with van der Waals surface area (Å²) in [5.74, 6) is 0.803. The van der Waals surface area contributed by atoms with Gasteiger partial charge in [-0.2, -0.15) is 0 Å². The minimum Gasteiger partial charge on any atom is -0.359 e. The zero-order chi connectivity index (χ0) is 6.53. The molecule has 2 N–H and O–H groups in total. The number of carbonyl (C=O) groups is 1. The van der Waals surface area contributed by atoms with E-state index in [0.29, 0.717) is 0 Å². The molecule has 3 heteroatoms. The lowest BCUT2D eigenvalue weighted by molar-refractivity contribution is -0.109. The van der Waals surface area contributed by atoms with Crippen molar-refractivity contribution in [1.82, 2.24) is 10.6 Å². The first kappa shape index (κ1) is 6.55. The van der Waals surface area contributed by atoms with E-state index in [9.17, 15) is 4.79 Å². The number of amides is 1. The van der Waals surface area contributed by atoms with E-state index in [2.05, 4.69) is 10.6 Å². The van der Waals surface area contributed by atoms with Crippen molar-refractivity contribution in [3.8, 4) is 0 Å². The average molecular weight is 128 g/mol. The molecular formula is C6H12N2O. The van der Waals surface area contributed by atoms with Crippen molar-refractivity contribution in [3.05, 3.63) is 0 Å². The first-order valence-corrected chi connectivity index (χ1v) is 3.31. The number of carbonyl (C=O) groups excluding carboxylic acids is 1. The van der Waals surface area contributed by atoms with E-state index in [1.54, 1.807) is 0 Å². The van der Waals surface area contributed by atoms with Crippen LogP contribution in [0.5, 0.6) is 0 Å². The molecule has 0 aromatic carbocycles. The van der Waals surface area contributed by atoms with E-state index >= 15 is 0 Å². The van der Waals surface area contributed by atoms with Gasteiger partial charge < -0.3 is 10.6 Å². The minimum absolute atomic E-state index is 0.756. The van der Waals surface area contributed by atoms with Crippen LogP contribution in [0.25, 0.3) is 0 Å². The van der Waals surface area contributed by atoms with Crippen LogP contribution in [0.15, 0.2) is 0 Å². The maximum Gasteiger partial charge on any atom is 0.207 e. The largest absolute Gasteiger partial charge is 0.359 e. The SMILES string of the molecule is O=CNCCC1CNC1. The standard InChI is InChI=1S/C6H12N2O/c9-5-7-2-1-6-3-8-4-6/h5-6,8H,1-4H2,(H,7,9). The third kappa shape index (κ3) is 2.01. The summed E-state index contributed by atoms with van der Waals surface area (Å²) in [5.41, 5.74) is 0. The second-order valence-electron chi connectivity index (χ2n) is 2.38. The molecule has 1 heterocycles. The molecule has 0 aromatic heterocycles. The van der Waals surface area contributed by atoms with E-state index in [4.69, 9.17) is 0 Å². The van der Waals surface area contributed by atoms with Crippen LogP contribution in [0.1, 0.15) is 6.42 Å². The van der Waals surface area contributed by atoms with E-state index in [0.717, 1.165) is 38.4 Å². The summed E-state index contributed by atoms with van der Waals surface area (Å²) in [6.07, 6.45) is 1.87. The molecule has 52 valence electrons. The number of rotatable bonds is 4. The smallest absolute Gasteiger partial charge is 0.207 e. The highest BCUT2D eigenvalue weighted by atomic mass is 16.1. The Kier molecular flexibility index (Phi) is 2.51. The van der Waals surface area contributed by atoms with Gasteiger partial charge in [0, 0.05) is 6.54 Å². The molecule has 1 fully saturated rings. The summed E-state index contributed by atoms with van der Waals surface area (Å²) in [5, 5.41) is 5.81. The van der Waals surface area contributed by atoms with Crippen molar-refractivity contribution < 1.29 is 4.79 Å². The second-order valence-corrected chi connectivity index (χ2v) is 2.38. The molecule has 0 spiro atoms. The van der Waals surface area contributed by atoms with Gasteiger partial charge in [-0.25, -0.2) is 0 Å². The van der Waals surface area contributed by atoms with Gasteiger partial charge in [-0.15, -0.1) is 0 Å². The molecular weight excluding hydrogens is 116 g/mol. The lowest BCUT2D eigenvalue weighted by atomic mass is 10.00. The Morgan fingerprint density at radius 1 is 1.67 bits per heavy atom. The highest BCUT2D eigenvalue weighted by Crippen LogP contribution is 2.05. The quantitative estimate of drug-likeness (QED) is 0.390. The monoisotopic (exact) mass is 128 g/mol. The molecule has 1 saturated heterocycles. The molecule has 1 amide bonds. The molecule has 1 rings (SSSR count). The van der Waals surface area contributed by atoms with Crippen LogP contribution in [0.2, 0.25) is 0 Å². The van der Waals surface area contributed by atoms with Crippen LogP contribution >= 0.6 is 0 Å². The van der Waals surface area contributed by atoms with Crippen LogP contribution in [0.3, 0.4) is 0 Å². The number of hydrogen-bond donors (Lipinski definition) is 2. The van der Waals surface area contributed by atoms with Crippen molar-refractivity contribution in [1.29, 1.82) is 0 Å². The maximum absolute atomic E-state index is 9.77. The van der Waals surface area contributed by atoms with Crippen LogP contribution in [-0.2, 0) is 4.79 Å². The van der Waals surface area contributed by atoms with Gasteiger partial charge in [-0.05, 0) is 25.4 Å². The molecule has 1 aliphatic heterocycles. The van der Waals surface area contributed by atoms with Gasteiger partial charge in [0.1, 0.15) is 0 Å². The lowest BCUT2D eigenvalue weighted by Gasteiger charge is -2.26. The predicted octanol–water partition coefficient (Wildman–Crippen LogP) is -0.658. The Morgan fingerprint density at radius 3 is 2.89 bits per heavy atom. The maximum atomic E-state index is 9.77. The molecule has 0 bridgehead atoms. The summed E-state index contributed by atoms with van der Waals surface area (Å²) in [4.78, 5) is 9.77. The van der Waals surface area contributed by atoms with E-state index in [1.807, 2.05) is 0 Å². The van der Waals surface area contributed by atoms with Crippen molar-refractivity contribution in [2.24, 2.45) is 5.92 Å². The van der Waals surface area contributed by atoms with Gasteiger partial charge in [0.2, 0.25) is 6.41 Å². The first-order valence-electron chi connectivity index (χ1n) is 3.31. The van der Waals surface area contributed by atoms with Gasteiger partial charge in [0.05, 0.1) is 0 Å². The fourth-order valence-electron chi connectivity index (χ4n) is 0.899. The van der Waals surface area contributed by atoms with E-state index in [1.165, 1.54) is 0 Å². The molecule has 9 heavy (non-hydrogen) atoms. The second kappa shape index (κ2) is 3.45. The molecule has 0 aromatic rings. The van der Waals surface area contributed by atoms with Crippen LogP contribution < -0.4 is 10.6 Å². The third-order valence-corrected chi connectivity index (χ3v) is 1.65. The Bertz CT molecular complexity index is 91.1. The molecule has 0 saturated carbocycles. The zero-order valence-electron chi connectivity index (χ0n) is 5.39. The fraction of sp³-hybridized carbons (Fsp3) is 0.833. The summed E-state index contributed by atoms with van der Waals surface area (Å²) in [7, 11) is 0. The highest BCUT2D eigenvalue weighted by Gasteiger charge is 2.14. The summed E-state index contributed by atoms with van der Waals surface area (Å²) >= 11 is 0. The van der Waals surface area contributed by atoms with Gasteiger partial charge in [0.25, 0.3) is 0 Å². The third-order valence-electron chi connectivity index (χ3n) is 1.65. The molecule has 0 aliphatic carbocycles. The van der Waals surface area contributed by atoms with Crippen LogP contribution in [-0.4, -0.2) is 26.0 Å². The van der Waals surface area contributed by atoms with Crippen LogP contribution in [0.4, 0.5) is 0 Å². The first-order chi connectivity index (χ1) is 4.43. The summed E-state index contributed by atoms with van der Waals surface area (Å²) in [6.45, 7) is 3.08. The normalized spacial score (nSPS) is 18.7. The van der Waals surface area contributed by atoms with Gasteiger partial charge in [-0.3, -0.25) is 4.79 Å². The van der Waals surface area contributed by atoms with Gasteiger partial charge in [0.15, 0.2) is 0 Å². The molecule has 3 nitrogen and oxygen atoms in total. The Hall–Kier alpha value is -0.570. The Morgan fingerprint density at radius 2 is 2.44 bits per heavy atom. The molecule has 0 unspecified atom stereocenters. The summed E-state index contributed by atoms with van der Waals surface area (Å²) < 4.78 is 0. The minimum atomic E-state index is 0.756. The van der Waals surface area contributed by atoms with E-state index < -0.39 is 0 Å². The molecule has 0 atom stereocenters. The average Bonchev–Trinajstić information content (AvgIpc) is 1.76. The zero-order valence-corrected chi connectivity index (χ0v) is 5.39. The lowest BCUT2D eigenvalue weighted by Crippen LogP contribution is -2.43. The Balaban J connectivity index is 1.85. The van der Waals surface area contributed by atoms with Crippen molar-refractivity contribution in [2.75, 3.05) is 19.6 Å². The van der Waals surface area contributed by atoms with Crippen molar-refractivity contribution >= 4 is 6.41 Å². The fourth-order valence-corrected chi connectivity index (χ4v) is 0.899. The highest BCUT2D eigenvalue weighted by molar-refractivity contribution is 5.45. The number of nitrogens with one attached hydrogen (secondary N) is 2. The van der Waals surface area contributed by atoms with Gasteiger partial charge in [-0.1, -0.05) is 0 Å². The van der Waals surface area contributed by atoms with Crippen molar-refractivity contribution in [3.63, 3.8) is 0 Å². The Labute approximate surface area is 54.8 Å². The number of hydrogen-bond acceptors (Lipinski definition) is 2. The predicted molar refractivity (Wildman–Crippen MR) is 35.0 cm³/mol. The van der Waals surface area contributed by atoms with Crippen LogP contribution in [0, 0.1) is 5.92 Å².